The van der Waals surface area contributed by atoms with Crippen molar-refractivity contribution in [3.8, 4) is 0 Å². The third kappa shape index (κ3) is 4.54. The smallest absolute Gasteiger partial charge is 0.255 e. The molecule has 123 valence electrons. The number of carbonyl (C=O) groups excluding carboxylic acids is 2. The van der Waals surface area contributed by atoms with Crippen LogP contribution in [0.1, 0.15) is 26.3 Å². The summed E-state index contributed by atoms with van der Waals surface area (Å²) in [5.41, 5.74) is 2.55. The average Bonchev–Trinajstić information content (AvgIpc) is 2.68. The zero-order valence-electron chi connectivity index (χ0n) is 13.5. The minimum absolute atomic E-state index is 0.212. The lowest BCUT2D eigenvalue weighted by molar-refractivity contribution is 0.0949. The number of benzene rings is 3. The molecule has 0 aliphatic heterocycles. The molecule has 0 saturated heterocycles. The van der Waals surface area contributed by atoms with E-state index in [4.69, 9.17) is 0 Å². The number of rotatable bonds is 5. The van der Waals surface area contributed by atoms with E-state index >= 15 is 0 Å². The van der Waals surface area contributed by atoms with Crippen molar-refractivity contribution in [1.29, 1.82) is 0 Å². The summed E-state index contributed by atoms with van der Waals surface area (Å²) >= 11 is 0. The number of amides is 2. The first-order valence-electron chi connectivity index (χ1n) is 7.92. The maximum atomic E-state index is 12.3. The Balaban J connectivity index is 1.64. The van der Waals surface area contributed by atoms with Crippen LogP contribution in [0, 0.1) is 6.07 Å². The highest BCUT2D eigenvalue weighted by molar-refractivity contribution is 6.05. The molecule has 0 unspecified atom stereocenters. The second-order valence-electron chi connectivity index (χ2n) is 5.50. The quantitative estimate of drug-likeness (QED) is 0.750. The van der Waals surface area contributed by atoms with E-state index in [0.717, 1.165) is 5.56 Å². The topological polar surface area (TPSA) is 58.2 Å². The van der Waals surface area contributed by atoms with Gasteiger partial charge in [0.1, 0.15) is 0 Å². The van der Waals surface area contributed by atoms with Crippen molar-refractivity contribution in [2.24, 2.45) is 0 Å². The number of anilines is 1. The van der Waals surface area contributed by atoms with E-state index in [1.807, 2.05) is 36.4 Å². The summed E-state index contributed by atoms with van der Waals surface area (Å²) in [6.07, 6.45) is 0. The van der Waals surface area contributed by atoms with Crippen molar-refractivity contribution in [1.82, 2.24) is 5.32 Å². The lowest BCUT2D eigenvalue weighted by Crippen LogP contribution is -2.23. The lowest BCUT2D eigenvalue weighted by Gasteiger charge is -2.08. The number of nitrogens with one attached hydrogen (secondary N) is 2. The van der Waals surface area contributed by atoms with Crippen LogP contribution in [0.15, 0.2) is 78.9 Å². The average molecular weight is 329 g/mol. The largest absolute Gasteiger partial charge is 0.348 e. The molecular weight excluding hydrogens is 312 g/mol. The van der Waals surface area contributed by atoms with Gasteiger partial charge < -0.3 is 10.6 Å². The van der Waals surface area contributed by atoms with Crippen LogP contribution in [-0.2, 0) is 6.54 Å². The second kappa shape index (κ2) is 7.93. The Morgan fingerprint density at radius 1 is 0.800 bits per heavy atom. The van der Waals surface area contributed by atoms with Crippen LogP contribution >= 0.6 is 0 Å². The first kappa shape index (κ1) is 16.5. The van der Waals surface area contributed by atoms with Crippen molar-refractivity contribution in [2.45, 2.75) is 6.54 Å². The van der Waals surface area contributed by atoms with Crippen LogP contribution in [0.4, 0.5) is 5.69 Å². The van der Waals surface area contributed by atoms with E-state index in [1.165, 1.54) is 0 Å². The normalized spacial score (nSPS) is 10.1. The molecule has 2 amide bonds. The highest BCUT2D eigenvalue weighted by atomic mass is 16.2. The molecule has 0 saturated carbocycles. The molecule has 0 aliphatic rings. The molecule has 0 atom stereocenters. The van der Waals surface area contributed by atoms with E-state index in [1.54, 1.807) is 42.5 Å². The van der Waals surface area contributed by atoms with Gasteiger partial charge in [-0.05, 0) is 42.0 Å². The molecule has 0 aromatic heterocycles. The molecule has 2 N–H and O–H groups in total. The van der Waals surface area contributed by atoms with Gasteiger partial charge in [-0.25, -0.2) is 0 Å². The van der Waals surface area contributed by atoms with Gasteiger partial charge in [0.15, 0.2) is 0 Å². The summed E-state index contributed by atoms with van der Waals surface area (Å²) in [5.74, 6) is -0.438. The minimum atomic E-state index is -0.226. The van der Waals surface area contributed by atoms with Crippen molar-refractivity contribution in [3.63, 3.8) is 0 Å². The van der Waals surface area contributed by atoms with E-state index in [-0.39, 0.29) is 11.8 Å². The molecular formula is C21H17N2O2. The summed E-state index contributed by atoms with van der Waals surface area (Å²) in [7, 11) is 0. The lowest BCUT2D eigenvalue weighted by atomic mass is 10.1. The maximum absolute atomic E-state index is 12.3. The van der Waals surface area contributed by atoms with Gasteiger partial charge >= 0.3 is 0 Å². The van der Waals surface area contributed by atoms with Crippen molar-refractivity contribution < 1.29 is 9.59 Å². The van der Waals surface area contributed by atoms with Crippen LogP contribution < -0.4 is 10.6 Å². The Hall–Kier alpha value is -3.40. The summed E-state index contributed by atoms with van der Waals surface area (Å²) in [4.78, 5) is 24.5. The summed E-state index contributed by atoms with van der Waals surface area (Å²) in [5, 5.41) is 5.63. The molecule has 25 heavy (non-hydrogen) atoms. The van der Waals surface area contributed by atoms with Gasteiger partial charge in [-0.2, -0.15) is 0 Å². The van der Waals surface area contributed by atoms with E-state index < -0.39 is 0 Å². The van der Waals surface area contributed by atoms with E-state index in [0.29, 0.717) is 23.4 Å². The standard InChI is InChI=1S/C21H17N2O2/c24-20(22-15-16-8-3-1-4-9-16)18-12-7-13-19(14-18)23-21(25)17-10-5-2-6-11-17/h1-6,8-14H,15H2,(H,22,24)(H,23,25). The van der Waals surface area contributed by atoms with Crippen LogP contribution in [0.25, 0.3) is 0 Å². The maximum Gasteiger partial charge on any atom is 0.255 e. The first-order chi connectivity index (χ1) is 12.2. The molecule has 0 spiro atoms. The van der Waals surface area contributed by atoms with Gasteiger partial charge in [-0.15, -0.1) is 0 Å². The molecule has 1 radical (unpaired) electrons. The predicted octanol–water partition coefficient (Wildman–Crippen LogP) is 3.67. The van der Waals surface area contributed by atoms with Crippen molar-refractivity contribution >= 4 is 17.5 Å². The van der Waals surface area contributed by atoms with Crippen molar-refractivity contribution in [3.05, 3.63) is 102 Å². The minimum Gasteiger partial charge on any atom is -0.348 e. The summed E-state index contributed by atoms with van der Waals surface area (Å²) < 4.78 is 0. The molecule has 0 fully saturated rings. The second-order valence-corrected chi connectivity index (χ2v) is 5.50. The molecule has 0 aliphatic carbocycles. The third-order valence-corrected chi connectivity index (χ3v) is 3.64. The Morgan fingerprint density at radius 2 is 1.48 bits per heavy atom. The molecule has 4 heteroatoms. The van der Waals surface area contributed by atoms with Gasteiger partial charge in [0.05, 0.1) is 0 Å². The van der Waals surface area contributed by atoms with Gasteiger partial charge in [-0.1, -0.05) is 48.5 Å². The fraction of sp³-hybridized carbons (Fsp3) is 0.0476. The zero-order valence-corrected chi connectivity index (χ0v) is 13.5. The Labute approximate surface area is 146 Å². The van der Waals surface area contributed by atoms with Crippen LogP contribution in [-0.4, -0.2) is 11.8 Å². The molecule has 0 bridgehead atoms. The predicted molar refractivity (Wildman–Crippen MR) is 97.3 cm³/mol. The van der Waals surface area contributed by atoms with Crippen LogP contribution in [0.3, 0.4) is 0 Å². The Kier molecular flexibility index (Phi) is 5.22. The highest BCUT2D eigenvalue weighted by Gasteiger charge is 2.09. The first-order valence-corrected chi connectivity index (χ1v) is 7.92. The molecule has 3 rings (SSSR count). The van der Waals surface area contributed by atoms with Gasteiger partial charge in [0.2, 0.25) is 0 Å². The molecule has 3 aromatic carbocycles. The number of hydrogen-bond donors (Lipinski definition) is 2. The van der Waals surface area contributed by atoms with Gasteiger partial charge in [-0.3, -0.25) is 9.59 Å². The monoisotopic (exact) mass is 329 g/mol. The van der Waals surface area contributed by atoms with Crippen LogP contribution in [0.5, 0.6) is 0 Å². The summed E-state index contributed by atoms with van der Waals surface area (Å²) in [6.45, 7) is 0.445. The van der Waals surface area contributed by atoms with Crippen LogP contribution in [0.2, 0.25) is 0 Å². The Bertz CT molecular complexity index is 861. The SMILES string of the molecule is O=C(NCc1ccccc1)c1c[c]cc(NC(=O)c2ccccc2)c1. The Morgan fingerprint density at radius 3 is 2.20 bits per heavy atom. The molecule has 3 aromatic rings. The van der Waals surface area contributed by atoms with E-state index in [9.17, 15) is 9.59 Å². The van der Waals surface area contributed by atoms with Gasteiger partial charge in [0.25, 0.3) is 11.8 Å². The van der Waals surface area contributed by atoms with Crippen molar-refractivity contribution in [2.75, 3.05) is 5.32 Å². The molecule has 4 nitrogen and oxygen atoms in total. The molecule has 0 heterocycles. The zero-order chi connectivity index (χ0) is 17.5. The fourth-order valence-corrected chi connectivity index (χ4v) is 2.35. The van der Waals surface area contributed by atoms with E-state index in [2.05, 4.69) is 16.7 Å². The van der Waals surface area contributed by atoms with Gasteiger partial charge in [0, 0.05) is 23.4 Å². The summed E-state index contributed by atoms with van der Waals surface area (Å²) in [6, 6.07) is 26.3. The number of carbonyl (C=O) groups is 2. The third-order valence-electron chi connectivity index (χ3n) is 3.64. The number of hydrogen-bond acceptors (Lipinski definition) is 2. The fourth-order valence-electron chi connectivity index (χ4n) is 2.35. The highest BCUT2D eigenvalue weighted by Crippen LogP contribution is 2.12.